The zero-order valence-electron chi connectivity index (χ0n) is 12.8. The lowest BCUT2D eigenvalue weighted by atomic mass is 10.1. The van der Waals surface area contributed by atoms with Gasteiger partial charge in [-0.3, -0.25) is 9.59 Å². The highest BCUT2D eigenvalue weighted by molar-refractivity contribution is 5.96. The third-order valence-electron chi connectivity index (χ3n) is 3.69. The van der Waals surface area contributed by atoms with E-state index in [1.807, 2.05) is 43.3 Å². The molecular weight excluding hydrogens is 276 g/mol. The van der Waals surface area contributed by atoms with Gasteiger partial charge in [-0.15, -0.1) is 0 Å². The Bertz CT molecular complexity index is 626. The number of likely N-dealkylation sites (N-methyl/N-ethyl adjacent to an activating group) is 1. The minimum atomic E-state index is -0.241. The second kappa shape index (κ2) is 7.41. The summed E-state index contributed by atoms with van der Waals surface area (Å²) in [6.07, 6.45) is 0. The number of hydrogen-bond acceptors (Lipinski definition) is 2. The Morgan fingerprint density at radius 2 is 1.55 bits per heavy atom. The van der Waals surface area contributed by atoms with Gasteiger partial charge in [0, 0.05) is 12.6 Å². The molecule has 0 radical (unpaired) electrons. The largest absolute Gasteiger partial charge is 0.343 e. The first-order chi connectivity index (χ1) is 10.6. The van der Waals surface area contributed by atoms with Crippen LogP contribution in [0, 0.1) is 0 Å². The van der Waals surface area contributed by atoms with Gasteiger partial charge in [0.15, 0.2) is 0 Å². The van der Waals surface area contributed by atoms with Crippen LogP contribution in [0.5, 0.6) is 0 Å². The fourth-order valence-corrected chi connectivity index (χ4v) is 2.14. The van der Waals surface area contributed by atoms with E-state index in [0.717, 1.165) is 5.56 Å². The molecule has 114 valence electrons. The van der Waals surface area contributed by atoms with Crippen LogP contribution in [0.15, 0.2) is 60.7 Å². The number of nitrogens with zero attached hydrogens (tertiary/aromatic N) is 1. The highest BCUT2D eigenvalue weighted by Crippen LogP contribution is 2.17. The lowest BCUT2D eigenvalue weighted by molar-refractivity contribution is -0.130. The Kier molecular flexibility index (Phi) is 5.31. The van der Waals surface area contributed by atoms with Crippen LogP contribution < -0.4 is 5.32 Å². The monoisotopic (exact) mass is 296 g/mol. The molecule has 2 amide bonds. The summed E-state index contributed by atoms with van der Waals surface area (Å²) in [5.74, 6) is -0.365. The molecule has 0 aromatic heterocycles. The van der Waals surface area contributed by atoms with E-state index in [1.165, 1.54) is 0 Å². The van der Waals surface area contributed by atoms with Crippen LogP contribution in [-0.2, 0) is 4.79 Å². The van der Waals surface area contributed by atoms with E-state index in [9.17, 15) is 9.59 Å². The quantitative estimate of drug-likeness (QED) is 0.922. The van der Waals surface area contributed by atoms with Gasteiger partial charge in [0.05, 0.1) is 12.6 Å². The maximum Gasteiger partial charge on any atom is 0.251 e. The van der Waals surface area contributed by atoms with Gasteiger partial charge >= 0.3 is 0 Å². The summed E-state index contributed by atoms with van der Waals surface area (Å²) in [4.78, 5) is 25.8. The van der Waals surface area contributed by atoms with Gasteiger partial charge in [-0.1, -0.05) is 48.5 Å². The molecule has 4 nitrogen and oxygen atoms in total. The molecule has 4 heteroatoms. The summed E-state index contributed by atoms with van der Waals surface area (Å²) in [5, 5.41) is 2.66. The highest BCUT2D eigenvalue weighted by Gasteiger charge is 2.17. The Balaban J connectivity index is 1.90. The van der Waals surface area contributed by atoms with Gasteiger partial charge in [-0.25, -0.2) is 0 Å². The summed E-state index contributed by atoms with van der Waals surface area (Å²) in [5.41, 5.74) is 1.61. The van der Waals surface area contributed by atoms with Gasteiger partial charge in [0.2, 0.25) is 5.91 Å². The molecule has 0 heterocycles. The van der Waals surface area contributed by atoms with E-state index in [1.54, 1.807) is 36.2 Å². The molecule has 2 aromatic rings. The molecule has 0 aliphatic heterocycles. The zero-order chi connectivity index (χ0) is 15.9. The van der Waals surface area contributed by atoms with Crippen molar-refractivity contribution >= 4 is 11.8 Å². The second-order valence-electron chi connectivity index (χ2n) is 5.14. The average Bonchev–Trinajstić information content (AvgIpc) is 2.59. The Morgan fingerprint density at radius 3 is 2.14 bits per heavy atom. The first kappa shape index (κ1) is 15.8. The number of carbonyl (C=O) groups excluding carboxylic acids is 2. The topological polar surface area (TPSA) is 49.4 Å². The molecule has 1 N–H and O–H groups in total. The number of carbonyl (C=O) groups is 2. The Morgan fingerprint density at radius 1 is 1.00 bits per heavy atom. The third-order valence-corrected chi connectivity index (χ3v) is 3.69. The highest BCUT2D eigenvalue weighted by atomic mass is 16.2. The first-order valence-electron chi connectivity index (χ1n) is 7.23. The lowest BCUT2D eigenvalue weighted by Crippen LogP contribution is -2.39. The first-order valence-corrected chi connectivity index (χ1v) is 7.23. The summed E-state index contributed by atoms with van der Waals surface area (Å²) in [7, 11) is 1.74. The van der Waals surface area contributed by atoms with Crippen LogP contribution in [0.25, 0.3) is 0 Å². The molecule has 0 bridgehead atoms. The number of amides is 2. The minimum absolute atomic E-state index is 0.0125. The van der Waals surface area contributed by atoms with E-state index in [4.69, 9.17) is 0 Å². The van der Waals surface area contributed by atoms with Crippen molar-refractivity contribution in [1.29, 1.82) is 0 Å². The average molecular weight is 296 g/mol. The van der Waals surface area contributed by atoms with Gasteiger partial charge in [-0.05, 0) is 24.6 Å². The molecule has 0 saturated heterocycles. The van der Waals surface area contributed by atoms with Gasteiger partial charge in [-0.2, -0.15) is 0 Å². The molecule has 0 unspecified atom stereocenters. The maximum atomic E-state index is 12.2. The van der Waals surface area contributed by atoms with Crippen molar-refractivity contribution in [3.63, 3.8) is 0 Å². The van der Waals surface area contributed by atoms with Gasteiger partial charge < -0.3 is 10.2 Å². The number of hydrogen-bond donors (Lipinski definition) is 1. The number of rotatable bonds is 5. The van der Waals surface area contributed by atoms with Crippen LogP contribution >= 0.6 is 0 Å². The zero-order valence-corrected chi connectivity index (χ0v) is 12.8. The molecular formula is C18H20N2O2. The smallest absolute Gasteiger partial charge is 0.251 e. The van der Waals surface area contributed by atoms with Gasteiger partial charge in [0.1, 0.15) is 0 Å². The SMILES string of the molecule is C[C@H](c1ccccc1)N(C)C(=O)CNC(=O)c1ccccc1. The minimum Gasteiger partial charge on any atom is -0.343 e. The van der Waals surface area contributed by atoms with Crippen molar-refractivity contribution in [3.05, 3.63) is 71.8 Å². The van der Waals surface area contributed by atoms with Crippen LogP contribution in [0.3, 0.4) is 0 Å². The van der Waals surface area contributed by atoms with E-state index < -0.39 is 0 Å². The van der Waals surface area contributed by atoms with Crippen molar-refractivity contribution < 1.29 is 9.59 Å². The van der Waals surface area contributed by atoms with Crippen molar-refractivity contribution in [1.82, 2.24) is 10.2 Å². The lowest BCUT2D eigenvalue weighted by Gasteiger charge is -2.25. The molecule has 0 aliphatic carbocycles. The molecule has 2 rings (SSSR count). The van der Waals surface area contributed by atoms with E-state index >= 15 is 0 Å². The van der Waals surface area contributed by atoms with Gasteiger partial charge in [0.25, 0.3) is 5.91 Å². The molecule has 1 atom stereocenters. The van der Waals surface area contributed by atoms with E-state index in [-0.39, 0.29) is 24.4 Å². The molecule has 0 aliphatic rings. The van der Waals surface area contributed by atoms with Crippen LogP contribution in [-0.4, -0.2) is 30.3 Å². The third kappa shape index (κ3) is 3.95. The standard InChI is InChI=1S/C18H20N2O2/c1-14(15-9-5-3-6-10-15)20(2)17(21)13-19-18(22)16-11-7-4-8-12-16/h3-12,14H,13H2,1-2H3,(H,19,22)/t14-/m1/s1. The predicted octanol–water partition coefficient (Wildman–Crippen LogP) is 2.64. The van der Waals surface area contributed by atoms with Crippen molar-refractivity contribution in [2.45, 2.75) is 13.0 Å². The molecule has 0 spiro atoms. The molecule has 0 fully saturated rings. The van der Waals surface area contributed by atoms with Crippen molar-refractivity contribution in [2.24, 2.45) is 0 Å². The molecule has 2 aromatic carbocycles. The van der Waals surface area contributed by atoms with Crippen LogP contribution in [0.1, 0.15) is 28.9 Å². The summed E-state index contributed by atoms with van der Waals surface area (Å²) in [6.45, 7) is 1.95. The Labute approximate surface area is 130 Å². The van der Waals surface area contributed by atoms with Crippen molar-refractivity contribution in [3.8, 4) is 0 Å². The molecule has 0 saturated carbocycles. The summed E-state index contributed by atoms with van der Waals surface area (Å²) < 4.78 is 0. The maximum absolute atomic E-state index is 12.2. The fraction of sp³-hybridized carbons (Fsp3) is 0.222. The summed E-state index contributed by atoms with van der Waals surface area (Å²) in [6, 6.07) is 18.6. The fourth-order valence-electron chi connectivity index (χ4n) is 2.14. The van der Waals surface area contributed by atoms with E-state index in [0.29, 0.717) is 5.56 Å². The second-order valence-corrected chi connectivity index (χ2v) is 5.14. The van der Waals surface area contributed by atoms with E-state index in [2.05, 4.69) is 5.32 Å². The van der Waals surface area contributed by atoms with Crippen LogP contribution in [0.4, 0.5) is 0 Å². The van der Waals surface area contributed by atoms with Crippen molar-refractivity contribution in [2.75, 3.05) is 13.6 Å². The van der Waals surface area contributed by atoms with Crippen LogP contribution in [0.2, 0.25) is 0 Å². The predicted molar refractivity (Wildman–Crippen MR) is 86.4 cm³/mol. The number of nitrogens with one attached hydrogen (secondary N) is 1. The normalized spacial score (nSPS) is 11.5. The number of benzene rings is 2. The summed E-state index contributed by atoms with van der Waals surface area (Å²) >= 11 is 0. The Hall–Kier alpha value is -2.62. The molecule has 22 heavy (non-hydrogen) atoms.